The SMILES string of the molecule is N#Cc1cccc2cccc-2c2c(C#N)cnc1-2. The molecule has 0 aromatic rings. The highest BCUT2D eigenvalue weighted by Crippen LogP contribution is 2.37. The van der Waals surface area contributed by atoms with Crippen LogP contribution in [0.4, 0.5) is 0 Å². The second kappa shape index (κ2) is 3.84. The number of nitriles is 2. The summed E-state index contributed by atoms with van der Waals surface area (Å²) < 4.78 is 0. The molecular weight excluding hydrogens is 222 g/mol. The second-order valence-corrected chi connectivity index (χ2v) is 3.95. The van der Waals surface area contributed by atoms with Gasteiger partial charge in [0.2, 0.25) is 0 Å². The summed E-state index contributed by atoms with van der Waals surface area (Å²) >= 11 is 0. The van der Waals surface area contributed by atoms with Crippen molar-refractivity contribution in [3.63, 3.8) is 0 Å². The zero-order chi connectivity index (χ0) is 12.5. The van der Waals surface area contributed by atoms with E-state index in [-0.39, 0.29) is 0 Å². The molecule has 0 aromatic carbocycles. The summed E-state index contributed by atoms with van der Waals surface area (Å²) in [5.41, 5.74) is 4.33. The average Bonchev–Trinajstić information content (AvgIpc) is 2.97. The summed E-state index contributed by atoms with van der Waals surface area (Å²) in [4.78, 5) is 4.21. The van der Waals surface area contributed by atoms with Crippen LogP contribution in [0.3, 0.4) is 0 Å². The first-order valence-corrected chi connectivity index (χ1v) is 5.46. The number of aromatic nitrogens is 1. The Morgan fingerprint density at radius 3 is 2.33 bits per heavy atom. The van der Waals surface area contributed by atoms with Gasteiger partial charge in [0.1, 0.15) is 12.1 Å². The van der Waals surface area contributed by atoms with Crippen molar-refractivity contribution < 1.29 is 0 Å². The second-order valence-electron chi connectivity index (χ2n) is 3.95. The van der Waals surface area contributed by atoms with Crippen molar-refractivity contribution in [1.82, 2.24) is 4.98 Å². The van der Waals surface area contributed by atoms with Gasteiger partial charge in [-0.15, -0.1) is 0 Å². The predicted molar refractivity (Wildman–Crippen MR) is 66.9 cm³/mol. The highest BCUT2D eigenvalue weighted by molar-refractivity contribution is 5.89. The topological polar surface area (TPSA) is 60.5 Å². The molecule has 0 aromatic heterocycles. The lowest BCUT2D eigenvalue weighted by Gasteiger charge is -2.04. The van der Waals surface area contributed by atoms with E-state index < -0.39 is 0 Å². The van der Waals surface area contributed by atoms with Crippen molar-refractivity contribution in [1.29, 1.82) is 10.5 Å². The molecule has 2 aliphatic carbocycles. The molecule has 0 radical (unpaired) electrons. The maximum absolute atomic E-state index is 9.16. The van der Waals surface area contributed by atoms with Crippen LogP contribution in [0.25, 0.3) is 22.4 Å². The van der Waals surface area contributed by atoms with Gasteiger partial charge < -0.3 is 0 Å². The summed E-state index contributed by atoms with van der Waals surface area (Å²) in [6.45, 7) is 0. The lowest BCUT2D eigenvalue weighted by Crippen LogP contribution is -1.86. The predicted octanol–water partition coefficient (Wildman–Crippen LogP) is 3.03. The molecule has 0 fully saturated rings. The summed E-state index contributed by atoms with van der Waals surface area (Å²) in [6, 6.07) is 15.6. The molecule has 0 N–H and O–H groups in total. The highest BCUT2D eigenvalue weighted by atomic mass is 14.7. The van der Waals surface area contributed by atoms with Gasteiger partial charge in [0.15, 0.2) is 0 Å². The van der Waals surface area contributed by atoms with E-state index in [2.05, 4.69) is 17.1 Å². The van der Waals surface area contributed by atoms with E-state index in [9.17, 15) is 0 Å². The fraction of sp³-hybridized carbons (Fsp3) is 0. The van der Waals surface area contributed by atoms with Crippen molar-refractivity contribution in [2.45, 2.75) is 0 Å². The van der Waals surface area contributed by atoms with E-state index in [4.69, 9.17) is 10.5 Å². The van der Waals surface area contributed by atoms with Gasteiger partial charge in [-0.05, 0) is 17.2 Å². The molecular formula is C15H7N3. The minimum absolute atomic E-state index is 0.481. The molecule has 0 amide bonds. The molecule has 0 saturated carbocycles. The minimum Gasteiger partial charge on any atom is -0.253 e. The summed E-state index contributed by atoms with van der Waals surface area (Å²) in [7, 11) is 0. The molecule has 0 saturated heterocycles. The standard InChI is InChI=1S/C15H7N3/c16-7-11-5-1-3-10-4-2-6-13(10)14-12(8-17)9-18-15(11)14/h1-6,9H. The monoisotopic (exact) mass is 229 g/mol. The number of nitrogens with zero attached hydrogens (tertiary/aromatic N) is 3. The molecule has 3 rings (SSSR count). The smallest absolute Gasteiger partial charge is 0.101 e. The molecule has 1 aliphatic heterocycles. The molecule has 3 heteroatoms. The van der Waals surface area contributed by atoms with Crippen molar-refractivity contribution in [3.8, 4) is 34.5 Å². The third-order valence-corrected chi connectivity index (χ3v) is 2.98. The molecule has 0 unspecified atom stereocenters. The van der Waals surface area contributed by atoms with Crippen molar-refractivity contribution in [2.75, 3.05) is 0 Å². The lowest BCUT2D eigenvalue weighted by atomic mass is 9.97. The first-order chi connectivity index (χ1) is 8.85. The normalized spacial score (nSPS) is 10.1. The van der Waals surface area contributed by atoms with Gasteiger partial charge >= 0.3 is 0 Å². The van der Waals surface area contributed by atoms with Crippen LogP contribution < -0.4 is 0 Å². The van der Waals surface area contributed by atoms with Gasteiger partial charge in [-0.25, -0.2) is 0 Å². The van der Waals surface area contributed by atoms with Gasteiger partial charge in [-0.1, -0.05) is 30.3 Å². The van der Waals surface area contributed by atoms with Crippen molar-refractivity contribution in [2.24, 2.45) is 0 Å². The number of hydrogen-bond acceptors (Lipinski definition) is 3. The number of rotatable bonds is 0. The largest absolute Gasteiger partial charge is 0.253 e. The minimum atomic E-state index is 0.481. The Hall–Kier alpha value is -2.91. The van der Waals surface area contributed by atoms with Crippen LogP contribution in [0, 0.1) is 22.7 Å². The molecule has 1 heterocycles. The first-order valence-electron chi connectivity index (χ1n) is 5.46. The van der Waals surface area contributed by atoms with E-state index >= 15 is 0 Å². The van der Waals surface area contributed by atoms with E-state index in [1.165, 1.54) is 6.20 Å². The molecule has 3 nitrogen and oxygen atoms in total. The van der Waals surface area contributed by atoms with Crippen molar-refractivity contribution >= 4 is 0 Å². The molecule has 0 bridgehead atoms. The van der Waals surface area contributed by atoms with Gasteiger partial charge in [0, 0.05) is 11.8 Å². The van der Waals surface area contributed by atoms with Crippen LogP contribution in [0.1, 0.15) is 11.1 Å². The van der Waals surface area contributed by atoms with E-state index in [1.807, 2.05) is 30.3 Å². The Morgan fingerprint density at radius 2 is 1.61 bits per heavy atom. The zero-order valence-corrected chi connectivity index (χ0v) is 9.38. The first kappa shape index (κ1) is 10.3. The number of fused-ring (bicyclic) bond motifs is 3. The maximum atomic E-state index is 9.16. The molecule has 0 spiro atoms. The molecule has 0 atom stereocenters. The molecule has 18 heavy (non-hydrogen) atoms. The maximum Gasteiger partial charge on any atom is 0.101 e. The van der Waals surface area contributed by atoms with E-state index in [1.54, 1.807) is 6.07 Å². The zero-order valence-electron chi connectivity index (χ0n) is 9.38. The Balaban J connectivity index is 2.50. The van der Waals surface area contributed by atoms with Crippen LogP contribution in [-0.4, -0.2) is 4.98 Å². The van der Waals surface area contributed by atoms with Gasteiger partial charge in [0.05, 0.1) is 16.8 Å². The lowest BCUT2D eigenvalue weighted by molar-refractivity contribution is 1.38. The molecule has 82 valence electrons. The Bertz CT molecular complexity index is 762. The third-order valence-electron chi connectivity index (χ3n) is 2.98. The van der Waals surface area contributed by atoms with E-state index in [0.29, 0.717) is 16.8 Å². The number of hydrogen-bond donors (Lipinski definition) is 0. The van der Waals surface area contributed by atoms with Crippen molar-refractivity contribution in [3.05, 3.63) is 53.7 Å². The Kier molecular flexibility index (Phi) is 2.19. The Labute approximate surface area is 104 Å². The summed E-state index contributed by atoms with van der Waals surface area (Å²) in [5, 5.41) is 18.3. The Morgan fingerprint density at radius 1 is 0.889 bits per heavy atom. The summed E-state index contributed by atoms with van der Waals surface area (Å²) in [6.07, 6.45) is 1.53. The van der Waals surface area contributed by atoms with Gasteiger partial charge in [0.25, 0.3) is 0 Å². The average molecular weight is 229 g/mol. The van der Waals surface area contributed by atoms with E-state index in [0.717, 1.165) is 16.7 Å². The fourth-order valence-electron chi connectivity index (χ4n) is 2.17. The highest BCUT2D eigenvalue weighted by Gasteiger charge is 2.19. The van der Waals surface area contributed by atoms with Crippen LogP contribution in [0.2, 0.25) is 0 Å². The van der Waals surface area contributed by atoms with Gasteiger partial charge in [-0.3, -0.25) is 4.98 Å². The van der Waals surface area contributed by atoms with Crippen LogP contribution in [0.5, 0.6) is 0 Å². The quantitative estimate of drug-likeness (QED) is 0.595. The van der Waals surface area contributed by atoms with Gasteiger partial charge in [-0.2, -0.15) is 10.5 Å². The van der Waals surface area contributed by atoms with Crippen LogP contribution in [0.15, 0.2) is 42.6 Å². The fourth-order valence-corrected chi connectivity index (χ4v) is 2.17. The van der Waals surface area contributed by atoms with Crippen LogP contribution >= 0.6 is 0 Å². The molecule has 3 aliphatic rings. The third kappa shape index (κ3) is 1.32. The van der Waals surface area contributed by atoms with Crippen LogP contribution in [-0.2, 0) is 0 Å². The summed E-state index contributed by atoms with van der Waals surface area (Å²) in [5.74, 6) is 0.